The lowest BCUT2D eigenvalue weighted by Crippen LogP contribution is -2.44. The highest BCUT2D eigenvalue weighted by molar-refractivity contribution is 6.04. The zero-order valence-corrected chi connectivity index (χ0v) is 14.3. The van der Waals surface area contributed by atoms with E-state index in [1.807, 2.05) is 36.4 Å². The number of allylic oxidation sites excluding steroid dienone is 4. The summed E-state index contributed by atoms with van der Waals surface area (Å²) >= 11 is 0. The monoisotopic (exact) mass is 359 g/mol. The van der Waals surface area contributed by atoms with Gasteiger partial charge in [-0.3, -0.25) is 9.79 Å². The Kier molecular flexibility index (Phi) is 3.44. The summed E-state index contributed by atoms with van der Waals surface area (Å²) in [5.74, 6) is -0.504. The van der Waals surface area contributed by atoms with Gasteiger partial charge in [-0.2, -0.15) is 0 Å². The van der Waals surface area contributed by atoms with Crippen LogP contribution < -0.4 is 4.74 Å². The number of benzene rings is 2. The molecular weight excluding hydrogens is 342 g/mol. The van der Waals surface area contributed by atoms with Gasteiger partial charge in [0, 0.05) is 17.4 Å². The maximum Gasteiger partial charge on any atom is 0.317 e. The molecule has 0 saturated heterocycles. The van der Waals surface area contributed by atoms with E-state index in [0.717, 1.165) is 11.1 Å². The lowest BCUT2D eigenvalue weighted by atomic mass is 9.66. The van der Waals surface area contributed by atoms with Crippen LogP contribution in [0.25, 0.3) is 0 Å². The molecule has 2 aliphatic heterocycles. The fourth-order valence-corrected chi connectivity index (χ4v) is 4.35. The van der Waals surface area contributed by atoms with Gasteiger partial charge < -0.3 is 14.9 Å². The van der Waals surface area contributed by atoms with Crippen molar-refractivity contribution < 1.29 is 19.7 Å². The third kappa shape index (κ3) is 2.39. The third-order valence-corrected chi connectivity index (χ3v) is 5.54. The first-order chi connectivity index (χ1) is 13.1. The second-order valence-corrected chi connectivity index (χ2v) is 7.02. The van der Waals surface area contributed by atoms with Crippen LogP contribution in [0.5, 0.6) is 11.5 Å². The number of nitrogens with zero attached hydrogens (tertiary/aromatic N) is 1. The van der Waals surface area contributed by atoms with Crippen molar-refractivity contribution in [2.75, 3.05) is 0 Å². The molecule has 2 heterocycles. The maximum atomic E-state index is 13.0. The van der Waals surface area contributed by atoms with Gasteiger partial charge in [0.25, 0.3) is 0 Å². The summed E-state index contributed by atoms with van der Waals surface area (Å²) in [4.78, 5) is 17.7. The van der Waals surface area contributed by atoms with E-state index < -0.39 is 12.0 Å². The zero-order chi connectivity index (χ0) is 18.5. The number of carbonyl (C=O) groups excluding carboxylic acids is 1. The van der Waals surface area contributed by atoms with Gasteiger partial charge in [0.05, 0.1) is 17.7 Å². The van der Waals surface area contributed by atoms with Gasteiger partial charge in [-0.15, -0.1) is 0 Å². The number of carbonyl (C=O) groups is 1. The molecule has 5 heteroatoms. The average molecular weight is 359 g/mol. The second kappa shape index (κ2) is 5.84. The van der Waals surface area contributed by atoms with Crippen LogP contribution in [-0.4, -0.2) is 21.9 Å². The van der Waals surface area contributed by atoms with E-state index in [0.29, 0.717) is 11.5 Å². The largest absolute Gasteiger partial charge is 0.508 e. The number of hydrogen-bond acceptors (Lipinski definition) is 5. The van der Waals surface area contributed by atoms with Crippen molar-refractivity contribution in [3.63, 3.8) is 0 Å². The molecule has 2 N–H and O–H groups in total. The second-order valence-electron chi connectivity index (χ2n) is 7.02. The summed E-state index contributed by atoms with van der Waals surface area (Å²) in [6.07, 6.45) is 5.37. The van der Waals surface area contributed by atoms with Gasteiger partial charge in [0.15, 0.2) is 0 Å². The number of para-hydroxylation sites is 1. The Hall–Kier alpha value is -3.34. The summed E-state index contributed by atoms with van der Waals surface area (Å²) in [7, 11) is 0. The van der Waals surface area contributed by atoms with Crippen molar-refractivity contribution in [3.8, 4) is 11.5 Å². The molecule has 0 bridgehead atoms. The maximum absolute atomic E-state index is 13.0. The molecule has 0 amide bonds. The molecule has 27 heavy (non-hydrogen) atoms. The predicted octanol–water partition coefficient (Wildman–Crippen LogP) is 3.83. The molecular formula is C22H17NO4. The Labute approximate surface area is 156 Å². The van der Waals surface area contributed by atoms with Crippen LogP contribution >= 0.6 is 0 Å². The molecule has 0 spiro atoms. The molecule has 0 radical (unpaired) electrons. The Balaban J connectivity index is 1.73. The number of fused-ring (bicyclic) bond motifs is 4. The number of hydrogen-bond donors (Lipinski definition) is 2. The average Bonchev–Trinajstić information content (AvgIpc) is 2.68. The minimum atomic E-state index is -0.506. The highest BCUT2D eigenvalue weighted by Crippen LogP contribution is 2.52. The number of aliphatic hydroxyl groups is 1. The molecule has 0 aromatic heterocycles. The molecule has 5 rings (SSSR count). The van der Waals surface area contributed by atoms with E-state index in [-0.39, 0.29) is 29.3 Å². The fourth-order valence-electron chi connectivity index (χ4n) is 4.35. The van der Waals surface area contributed by atoms with E-state index in [1.54, 1.807) is 30.4 Å². The first-order valence-electron chi connectivity index (χ1n) is 8.88. The number of aliphatic imine (C=N–C) groups is 1. The van der Waals surface area contributed by atoms with Crippen LogP contribution in [0.1, 0.15) is 23.1 Å². The number of rotatable bonds is 1. The molecule has 134 valence electrons. The standard InChI is InChI=1S/C22H17NO4/c24-13-10-8-12(9-11-13)18-15-5-3-6-16(25)20(15)23-21-14-4-1-2-7-17(14)27-22(26)19(18)21/h1-11,15,18-19,21,24-25H/t15-,18+,19-,21+/m1/s1. The van der Waals surface area contributed by atoms with Gasteiger partial charge in [-0.25, -0.2) is 0 Å². The van der Waals surface area contributed by atoms with Crippen molar-refractivity contribution in [2.24, 2.45) is 16.8 Å². The van der Waals surface area contributed by atoms with Crippen molar-refractivity contribution in [3.05, 3.63) is 83.6 Å². The lowest BCUT2D eigenvalue weighted by molar-refractivity contribution is -0.142. The number of ether oxygens (including phenoxy) is 1. The fraction of sp³-hybridized carbons (Fsp3) is 0.182. The molecule has 0 fully saturated rings. The highest BCUT2D eigenvalue weighted by atomic mass is 16.5. The molecule has 1 aliphatic carbocycles. The first-order valence-corrected chi connectivity index (χ1v) is 8.88. The van der Waals surface area contributed by atoms with Crippen LogP contribution in [0.3, 0.4) is 0 Å². The number of aromatic hydroxyl groups is 1. The first kappa shape index (κ1) is 15.9. The molecule has 4 atom stereocenters. The van der Waals surface area contributed by atoms with Crippen LogP contribution in [-0.2, 0) is 4.79 Å². The molecule has 0 unspecified atom stereocenters. The van der Waals surface area contributed by atoms with Gasteiger partial charge >= 0.3 is 5.97 Å². The van der Waals surface area contributed by atoms with E-state index in [2.05, 4.69) is 0 Å². The summed E-state index contributed by atoms with van der Waals surface area (Å²) in [5.41, 5.74) is 2.33. The topological polar surface area (TPSA) is 79.1 Å². The lowest BCUT2D eigenvalue weighted by Gasteiger charge is -2.42. The minimum absolute atomic E-state index is 0.126. The SMILES string of the molecule is O=C1Oc2ccccc2[C@@H]2N=C3C(O)=CC=C[C@@H]3[C@H](c3ccc(O)cc3)[C@@H]12. The van der Waals surface area contributed by atoms with Crippen LogP contribution in [0.15, 0.2) is 77.5 Å². The van der Waals surface area contributed by atoms with Crippen molar-refractivity contribution in [2.45, 2.75) is 12.0 Å². The van der Waals surface area contributed by atoms with E-state index in [4.69, 9.17) is 9.73 Å². The zero-order valence-electron chi connectivity index (χ0n) is 14.3. The molecule has 5 nitrogen and oxygen atoms in total. The molecule has 2 aromatic rings. The van der Waals surface area contributed by atoms with Crippen molar-refractivity contribution in [1.82, 2.24) is 0 Å². The normalized spacial score (nSPS) is 28.2. The van der Waals surface area contributed by atoms with Gasteiger partial charge in [-0.1, -0.05) is 42.5 Å². The van der Waals surface area contributed by atoms with Crippen molar-refractivity contribution >= 4 is 11.7 Å². The summed E-state index contributed by atoms with van der Waals surface area (Å²) < 4.78 is 5.62. The third-order valence-electron chi connectivity index (χ3n) is 5.54. The minimum Gasteiger partial charge on any atom is -0.508 e. The van der Waals surface area contributed by atoms with E-state index in [9.17, 15) is 15.0 Å². The summed E-state index contributed by atoms with van der Waals surface area (Å²) in [6.45, 7) is 0. The number of phenolic OH excluding ortho intramolecular Hbond substituents is 1. The summed E-state index contributed by atoms with van der Waals surface area (Å²) in [5, 5.41) is 20.1. The molecule has 3 aliphatic rings. The van der Waals surface area contributed by atoms with Crippen LogP contribution in [0, 0.1) is 11.8 Å². The Morgan fingerprint density at radius 2 is 1.74 bits per heavy atom. The summed E-state index contributed by atoms with van der Waals surface area (Å²) in [6, 6.07) is 13.8. The number of phenols is 1. The number of esters is 1. The molecule has 0 saturated carbocycles. The van der Waals surface area contributed by atoms with Gasteiger partial charge in [0.1, 0.15) is 17.3 Å². The Morgan fingerprint density at radius 1 is 0.963 bits per heavy atom. The van der Waals surface area contributed by atoms with E-state index in [1.165, 1.54) is 0 Å². The molecule has 2 aromatic carbocycles. The predicted molar refractivity (Wildman–Crippen MR) is 99.9 cm³/mol. The van der Waals surface area contributed by atoms with Crippen LogP contribution in [0.2, 0.25) is 0 Å². The van der Waals surface area contributed by atoms with Gasteiger partial charge in [0.2, 0.25) is 0 Å². The van der Waals surface area contributed by atoms with Gasteiger partial charge in [-0.05, 0) is 29.8 Å². The highest BCUT2D eigenvalue weighted by Gasteiger charge is 2.50. The Morgan fingerprint density at radius 3 is 2.56 bits per heavy atom. The number of aliphatic hydroxyl groups excluding tert-OH is 1. The quantitative estimate of drug-likeness (QED) is 0.599. The Bertz CT molecular complexity index is 1020. The van der Waals surface area contributed by atoms with E-state index >= 15 is 0 Å². The smallest absolute Gasteiger partial charge is 0.317 e. The van der Waals surface area contributed by atoms with Crippen LogP contribution in [0.4, 0.5) is 0 Å². The van der Waals surface area contributed by atoms with Crippen molar-refractivity contribution in [1.29, 1.82) is 0 Å².